The molecule has 0 unspecified atom stereocenters. The maximum absolute atomic E-state index is 10.1. The highest BCUT2D eigenvalue weighted by molar-refractivity contribution is 5.90. The molecule has 2 N–H and O–H groups in total. The molecule has 1 aliphatic rings. The Bertz CT molecular complexity index is 824. The average Bonchev–Trinajstić information content (AvgIpc) is 3.00. The van der Waals surface area contributed by atoms with Crippen LogP contribution in [-0.4, -0.2) is 37.2 Å². The van der Waals surface area contributed by atoms with E-state index in [-0.39, 0.29) is 12.1 Å². The Kier molecular flexibility index (Phi) is 3.59. The van der Waals surface area contributed by atoms with E-state index in [0.29, 0.717) is 5.82 Å². The molecule has 3 aromatic heterocycles. The largest absolute Gasteiger partial charge is 0.391 e. The fourth-order valence-corrected chi connectivity index (χ4v) is 3.01. The lowest BCUT2D eigenvalue weighted by Gasteiger charge is -2.18. The van der Waals surface area contributed by atoms with E-state index >= 15 is 0 Å². The Morgan fingerprint density at radius 1 is 1.00 bits per heavy atom. The van der Waals surface area contributed by atoms with Crippen LogP contribution in [0.4, 0.5) is 5.82 Å². The highest BCUT2D eigenvalue weighted by Crippen LogP contribution is 2.28. The molecule has 3 aromatic rings. The predicted octanol–water partition coefficient (Wildman–Crippen LogP) is 2.41. The van der Waals surface area contributed by atoms with E-state index in [1.165, 1.54) is 0 Å². The Morgan fingerprint density at radius 2 is 1.83 bits per heavy atom. The van der Waals surface area contributed by atoms with Crippen molar-refractivity contribution in [2.24, 2.45) is 0 Å². The number of nitrogens with zero attached hydrogens (tertiary/aromatic N) is 4. The summed E-state index contributed by atoms with van der Waals surface area (Å²) in [6, 6.07) is 5.69. The minimum atomic E-state index is -0.328. The number of rotatable bonds is 3. The van der Waals surface area contributed by atoms with E-state index in [1.54, 1.807) is 24.8 Å². The smallest absolute Gasteiger partial charge is 0.162 e. The van der Waals surface area contributed by atoms with Crippen LogP contribution in [0.15, 0.2) is 43.0 Å². The van der Waals surface area contributed by atoms with Crippen LogP contribution >= 0.6 is 0 Å². The molecule has 0 aliphatic heterocycles. The molecule has 1 fully saturated rings. The van der Waals surface area contributed by atoms with Gasteiger partial charge in [-0.2, -0.15) is 0 Å². The zero-order valence-corrected chi connectivity index (χ0v) is 12.6. The summed E-state index contributed by atoms with van der Waals surface area (Å²) >= 11 is 0. The number of aromatic nitrogens is 4. The number of aliphatic hydroxyl groups is 1. The van der Waals surface area contributed by atoms with E-state index in [2.05, 4.69) is 25.3 Å². The second-order valence-corrected chi connectivity index (χ2v) is 5.77. The van der Waals surface area contributed by atoms with Crippen LogP contribution in [0.5, 0.6) is 0 Å². The second-order valence-electron chi connectivity index (χ2n) is 5.77. The molecular weight excluding hydrogens is 290 g/mol. The van der Waals surface area contributed by atoms with Crippen molar-refractivity contribution in [2.75, 3.05) is 5.32 Å². The molecule has 0 amide bonds. The summed E-state index contributed by atoms with van der Waals surface area (Å²) in [4.78, 5) is 17.5. The Hall–Kier alpha value is -2.60. The van der Waals surface area contributed by atoms with E-state index in [1.807, 2.05) is 18.2 Å². The van der Waals surface area contributed by atoms with Gasteiger partial charge >= 0.3 is 0 Å². The van der Waals surface area contributed by atoms with Crippen LogP contribution in [0.25, 0.3) is 22.3 Å². The summed E-state index contributed by atoms with van der Waals surface area (Å²) in [5, 5.41) is 14.4. The molecule has 0 radical (unpaired) electrons. The van der Waals surface area contributed by atoms with Crippen molar-refractivity contribution in [3.8, 4) is 11.4 Å². The summed E-state index contributed by atoms with van der Waals surface area (Å²) in [6.45, 7) is 0. The Labute approximate surface area is 133 Å². The predicted molar refractivity (Wildman–Crippen MR) is 87.8 cm³/mol. The molecule has 0 aromatic carbocycles. The van der Waals surface area contributed by atoms with Crippen molar-refractivity contribution >= 4 is 16.7 Å². The molecule has 4 rings (SSSR count). The first-order chi connectivity index (χ1) is 11.3. The van der Waals surface area contributed by atoms with Crippen molar-refractivity contribution in [3.63, 3.8) is 0 Å². The van der Waals surface area contributed by atoms with Gasteiger partial charge in [-0.1, -0.05) is 0 Å². The Balaban J connectivity index is 1.81. The molecule has 0 bridgehead atoms. The molecule has 23 heavy (non-hydrogen) atoms. The summed E-state index contributed by atoms with van der Waals surface area (Å²) in [5.41, 5.74) is 1.69. The van der Waals surface area contributed by atoms with Crippen LogP contribution in [0.1, 0.15) is 19.3 Å². The summed E-state index contributed by atoms with van der Waals surface area (Å²) < 4.78 is 0. The van der Waals surface area contributed by atoms with Gasteiger partial charge in [0, 0.05) is 29.5 Å². The van der Waals surface area contributed by atoms with Gasteiger partial charge in [0.2, 0.25) is 0 Å². The van der Waals surface area contributed by atoms with Crippen LogP contribution < -0.4 is 5.32 Å². The third kappa shape index (κ3) is 2.73. The van der Waals surface area contributed by atoms with Crippen molar-refractivity contribution < 1.29 is 5.11 Å². The third-order valence-electron chi connectivity index (χ3n) is 4.24. The fourth-order valence-electron chi connectivity index (χ4n) is 3.01. The Morgan fingerprint density at radius 3 is 2.61 bits per heavy atom. The van der Waals surface area contributed by atoms with Crippen LogP contribution in [0.2, 0.25) is 0 Å². The van der Waals surface area contributed by atoms with Crippen LogP contribution in [0, 0.1) is 0 Å². The topological polar surface area (TPSA) is 83.8 Å². The lowest BCUT2D eigenvalue weighted by atomic mass is 10.2. The monoisotopic (exact) mass is 307 g/mol. The number of aliphatic hydroxyl groups excluding tert-OH is 1. The van der Waals surface area contributed by atoms with Crippen LogP contribution in [0.3, 0.4) is 0 Å². The van der Waals surface area contributed by atoms with Gasteiger partial charge in [-0.15, -0.1) is 0 Å². The molecule has 3 heterocycles. The standard InChI is InChI=1S/C17H17N5O/c23-15-3-1-2-13(15)20-17-12-6-9-19-10-14(12)21-16(22-17)11-4-7-18-8-5-11/h4-10,13,15,23H,1-3H2,(H,20,21,22)/t13-,15-/m0/s1. The lowest BCUT2D eigenvalue weighted by molar-refractivity contribution is 0.171. The minimum absolute atomic E-state index is 0.0338. The number of pyridine rings is 2. The van der Waals surface area contributed by atoms with Crippen molar-refractivity contribution in [1.29, 1.82) is 0 Å². The van der Waals surface area contributed by atoms with Gasteiger partial charge in [0.1, 0.15) is 5.82 Å². The first kappa shape index (κ1) is 14.0. The minimum Gasteiger partial charge on any atom is -0.391 e. The van der Waals surface area contributed by atoms with E-state index in [0.717, 1.165) is 41.5 Å². The van der Waals surface area contributed by atoms with Crippen molar-refractivity contribution in [2.45, 2.75) is 31.4 Å². The highest BCUT2D eigenvalue weighted by Gasteiger charge is 2.26. The first-order valence-electron chi connectivity index (χ1n) is 7.78. The maximum atomic E-state index is 10.1. The molecule has 0 spiro atoms. The SMILES string of the molecule is O[C@H]1CCC[C@@H]1Nc1nc(-c2ccncc2)nc2cnccc12. The lowest BCUT2D eigenvalue weighted by Crippen LogP contribution is -2.28. The summed E-state index contributed by atoms with van der Waals surface area (Å²) in [6.07, 6.45) is 9.39. The summed E-state index contributed by atoms with van der Waals surface area (Å²) in [5.74, 6) is 1.37. The van der Waals surface area contributed by atoms with Gasteiger partial charge in [-0.3, -0.25) is 9.97 Å². The molecular formula is C17H17N5O. The van der Waals surface area contributed by atoms with Gasteiger partial charge in [0.25, 0.3) is 0 Å². The van der Waals surface area contributed by atoms with Gasteiger partial charge in [0.15, 0.2) is 5.82 Å². The molecule has 0 saturated heterocycles. The molecule has 6 heteroatoms. The molecule has 2 atom stereocenters. The van der Waals surface area contributed by atoms with Gasteiger partial charge in [-0.05, 0) is 37.5 Å². The summed E-state index contributed by atoms with van der Waals surface area (Å²) in [7, 11) is 0. The number of hydrogen-bond donors (Lipinski definition) is 2. The zero-order valence-electron chi connectivity index (χ0n) is 12.6. The fraction of sp³-hybridized carbons (Fsp3) is 0.294. The van der Waals surface area contributed by atoms with Gasteiger partial charge < -0.3 is 10.4 Å². The van der Waals surface area contributed by atoms with Gasteiger partial charge in [0.05, 0.1) is 23.9 Å². The number of nitrogens with one attached hydrogen (secondary N) is 1. The second kappa shape index (κ2) is 5.89. The van der Waals surface area contributed by atoms with E-state index in [4.69, 9.17) is 0 Å². The van der Waals surface area contributed by atoms with Gasteiger partial charge in [-0.25, -0.2) is 9.97 Å². The normalized spacial score (nSPS) is 20.7. The quantitative estimate of drug-likeness (QED) is 0.773. The number of anilines is 1. The first-order valence-corrected chi connectivity index (χ1v) is 7.78. The average molecular weight is 307 g/mol. The third-order valence-corrected chi connectivity index (χ3v) is 4.24. The zero-order chi connectivity index (χ0) is 15.6. The van der Waals surface area contributed by atoms with E-state index < -0.39 is 0 Å². The van der Waals surface area contributed by atoms with Crippen molar-refractivity contribution in [3.05, 3.63) is 43.0 Å². The molecule has 116 valence electrons. The number of hydrogen-bond acceptors (Lipinski definition) is 6. The molecule has 1 aliphatic carbocycles. The maximum Gasteiger partial charge on any atom is 0.162 e. The van der Waals surface area contributed by atoms with Crippen LogP contribution in [-0.2, 0) is 0 Å². The molecule has 6 nitrogen and oxygen atoms in total. The van der Waals surface area contributed by atoms with E-state index in [9.17, 15) is 5.11 Å². The molecule has 1 saturated carbocycles. The number of fused-ring (bicyclic) bond motifs is 1. The van der Waals surface area contributed by atoms with Crippen molar-refractivity contribution in [1.82, 2.24) is 19.9 Å². The highest BCUT2D eigenvalue weighted by atomic mass is 16.3.